The van der Waals surface area contributed by atoms with E-state index >= 15 is 0 Å². The normalized spacial score (nSPS) is 18.1. The molecule has 2 heterocycles. The van der Waals surface area contributed by atoms with Crippen LogP contribution in [0.3, 0.4) is 0 Å². The minimum atomic E-state index is -5.05. The van der Waals surface area contributed by atoms with Gasteiger partial charge in [0.15, 0.2) is 11.5 Å². The van der Waals surface area contributed by atoms with Gasteiger partial charge in [0.1, 0.15) is 11.7 Å². The van der Waals surface area contributed by atoms with Crippen molar-refractivity contribution in [2.24, 2.45) is 0 Å². The summed E-state index contributed by atoms with van der Waals surface area (Å²) in [4.78, 5) is 26.4. The molecule has 2 atom stereocenters. The Bertz CT molecular complexity index is 1460. The van der Waals surface area contributed by atoms with Crippen LogP contribution in [-0.2, 0) is 9.47 Å². The van der Waals surface area contributed by atoms with Gasteiger partial charge in [-0.1, -0.05) is 12.1 Å². The van der Waals surface area contributed by atoms with Crippen LogP contribution >= 0.6 is 0 Å². The van der Waals surface area contributed by atoms with Gasteiger partial charge >= 0.3 is 18.4 Å². The number of fused-ring (bicyclic) bond motifs is 1. The summed E-state index contributed by atoms with van der Waals surface area (Å²) >= 11 is 0. The van der Waals surface area contributed by atoms with E-state index in [-0.39, 0.29) is 41.7 Å². The molecule has 3 aromatic rings. The van der Waals surface area contributed by atoms with Gasteiger partial charge in [0.05, 0.1) is 24.7 Å². The Hall–Kier alpha value is -3.87. The van der Waals surface area contributed by atoms with Crippen LogP contribution in [-0.4, -0.2) is 72.8 Å². The van der Waals surface area contributed by atoms with Crippen molar-refractivity contribution in [2.45, 2.75) is 64.5 Å². The van der Waals surface area contributed by atoms with Crippen LogP contribution in [0.2, 0.25) is 0 Å². The molecule has 1 aromatic heterocycles. The zero-order valence-corrected chi connectivity index (χ0v) is 24.3. The lowest BCUT2D eigenvalue weighted by Crippen LogP contribution is -2.45. The smallest absolute Gasteiger partial charge is 0.485 e. The number of alkyl halides is 5. The van der Waals surface area contributed by atoms with Crippen molar-refractivity contribution in [3.63, 3.8) is 0 Å². The maximum atomic E-state index is 13.5. The number of likely N-dealkylation sites (tertiary alicyclic amines) is 1. The molecule has 0 radical (unpaired) electrons. The van der Waals surface area contributed by atoms with Crippen molar-refractivity contribution in [3.05, 3.63) is 59.3 Å². The quantitative estimate of drug-likeness (QED) is 0.212. The van der Waals surface area contributed by atoms with E-state index in [1.807, 2.05) is 0 Å². The molecule has 1 aliphatic heterocycles. The highest BCUT2D eigenvalue weighted by atomic mass is 19.4. The van der Waals surface area contributed by atoms with Gasteiger partial charge in [-0.2, -0.15) is 0 Å². The minimum Gasteiger partial charge on any atom is -0.485 e. The molecule has 1 aliphatic rings. The number of nitrogens with zero attached hydrogens (tertiary/aromatic N) is 2. The van der Waals surface area contributed by atoms with Crippen molar-refractivity contribution in [1.29, 1.82) is 0 Å². The van der Waals surface area contributed by atoms with Gasteiger partial charge in [0.25, 0.3) is 6.43 Å². The summed E-state index contributed by atoms with van der Waals surface area (Å²) in [6, 6.07) is 8.89. The number of carbonyl (C=O) groups is 2. The van der Waals surface area contributed by atoms with E-state index in [0.29, 0.717) is 11.1 Å². The Morgan fingerprint density at radius 2 is 1.74 bits per heavy atom. The van der Waals surface area contributed by atoms with Gasteiger partial charge in [-0.3, -0.25) is 9.47 Å². The number of hydrogen-bond acceptors (Lipinski definition) is 7. The molecule has 1 fully saturated rings. The number of benzene rings is 2. The first-order valence-electron chi connectivity index (χ1n) is 13.6. The van der Waals surface area contributed by atoms with Gasteiger partial charge in [0.2, 0.25) is 0 Å². The lowest BCUT2D eigenvalue weighted by Gasteiger charge is -2.39. The second-order valence-electron chi connectivity index (χ2n) is 11.3. The van der Waals surface area contributed by atoms with Crippen molar-refractivity contribution in [3.8, 4) is 11.5 Å². The molecule has 4 rings (SSSR count). The molecule has 1 saturated heterocycles. The summed E-state index contributed by atoms with van der Waals surface area (Å²) in [5, 5.41) is 0.180. The summed E-state index contributed by atoms with van der Waals surface area (Å²) in [5.41, 5.74) is 0.647. The Labute approximate surface area is 245 Å². The molecule has 8 nitrogen and oxygen atoms in total. The third-order valence-electron chi connectivity index (χ3n) is 6.95. The molecule has 234 valence electrons. The van der Waals surface area contributed by atoms with Crippen LogP contribution in [0.4, 0.5) is 26.7 Å². The molecule has 0 aliphatic carbocycles. The SMILES string of the molecule is COC(=O)c1ccc([C@@H]2CN(CC(F)F)CC[C@H]2Oc2c(OC(F)(F)F)cc(C)c3c2ccn3C(=O)OC(C)(C)C)cc1. The number of methoxy groups -OCH3 is 1. The number of halogens is 5. The number of carbonyl (C=O) groups excluding carboxylic acids is 2. The summed E-state index contributed by atoms with van der Waals surface area (Å²) < 4.78 is 89.2. The summed E-state index contributed by atoms with van der Waals surface area (Å²) in [6.45, 7) is 6.43. The van der Waals surface area contributed by atoms with E-state index in [1.54, 1.807) is 37.8 Å². The van der Waals surface area contributed by atoms with E-state index in [2.05, 4.69) is 4.74 Å². The Kier molecular flexibility index (Phi) is 9.24. The van der Waals surface area contributed by atoms with E-state index < -0.39 is 54.8 Å². The average Bonchev–Trinajstić information content (AvgIpc) is 3.35. The maximum absolute atomic E-state index is 13.5. The Morgan fingerprint density at radius 3 is 2.33 bits per heavy atom. The van der Waals surface area contributed by atoms with Crippen LogP contribution in [0.1, 0.15) is 54.6 Å². The number of ether oxygens (including phenoxy) is 4. The molecule has 0 unspecified atom stereocenters. The second-order valence-corrected chi connectivity index (χ2v) is 11.3. The van der Waals surface area contributed by atoms with Crippen LogP contribution in [0.25, 0.3) is 10.9 Å². The monoisotopic (exact) mass is 612 g/mol. The first-order chi connectivity index (χ1) is 20.1. The maximum Gasteiger partial charge on any atom is 0.573 e. The topological polar surface area (TPSA) is 79.2 Å². The highest BCUT2D eigenvalue weighted by Crippen LogP contribution is 2.44. The largest absolute Gasteiger partial charge is 0.573 e. The molecular formula is C30H33F5N2O6. The molecule has 43 heavy (non-hydrogen) atoms. The van der Waals surface area contributed by atoms with Crippen molar-refractivity contribution in [1.82, 2.24) is 9.47 Å². The van der Waals surface area contributed by atoms with Gasteiger partial charge in [-0.15, -0.1) is 13.2 Å². The molecule has 2 aromatic carbocycles. The average molecular weight is 613 g/mol. The minimum absolute atomic E-state index is 0.121. The third kappa shape index (κ3) is 7.75. The van der Waals surface area contributed by atoms with Gasteiger partial charge in [-0.25, -0.2) is 18.4 Å². The summed E-state index contributed by atoms with van der Waals surface area (Å²) in [5.74, 6) is -1.98. The van der Waals surface area contributed by atoms with E-state index in [4.69, 9.17) is 14.2 Å². The Balaban J connectivity index is 1.79. The summed E-state index contributed by atoms with van der Waals surface area (Å²) in [6.07, 6.45) is -7.56. The highest BCUT2D eigenvalue weighted by molar-refractivity contribution is 5.97. The molecule has 0 spiro atoms. The molecule has 0 N–H and O–H groups in total. The van der Waals surface area contributed by atoms with Crippen LogP contribution in [0.15, 0.2) is 42.6 Å². The number of rotatable bonds is 7. The van der Waals surface area contributed by atoms with Gasteiger partial charge in [0, 0.05) is 30.6 Å². The van der Waals surface area contributed by atoms with Crippen LogP contribution in [0, 0.1) is 6.92 Å². The van der Waals surface area contributed by atoms with E-state index in [1.165, 1.54) is 43.0 Å². The van der Waals surface area contributed by atoms with Crippen molar-refractivity contribution >= 4 is 23.0 Å². The standard InChI is InChI=1S/C30H33F5N2O6/c1-17-14-23(42-30(33,34)35)26(20-10-13-37(25(17)20)28(39)43-29(2,3)4)41-22-11-12-36(16-24(31)32)15-21(22)18-6-8-19(9-7-18)27(38)40-5/h6-10,13-14,21-22,24H,11-12,15-16H2,1-5H3/t21-,22+/m0/s1. The fourth-order valence-electron chi connectivity index (χ4n) is 5.22. The number of esters is 1. The first-order valence-corrected chi connectivity index (χ1v) is 13.6. The number of hydrogen-bond donors (Lipinski definition) is 0. The fourth-order valence-corrected chi connectivity index (χ4v) is 5.22. The summed E-state index contributed by atoms with van der Waals surface area (Å²) in [7, 11) is 1.24. The number of piperidine rings is 1. The lowest BCUT2D eigenvalue weighted by atomic mass is 9.87. The molecule has 0 bridgehead atoms. The third-order valence-corrected chi connectivity index (χ3v) is 6.95. The zero-order chi connectivity index (χ0) is 31.7. The van der Waals surface area contributed by atoms with Crippen LogP contribution in [0.5, 0.6) is 11.5 Å². The fraction of sp³-hybridized carbons (Fsp3) is 0.467. The Morgan fingerprint density at radius 1 is 1.07 bits per heavy atom. The predicted octanol–water partition coefficient (Wildman–Crippen LogP) is 6.92. The van der Waals surface area contributed by atoms with Crippen molar-refractivity contribution < 1.29 is 50.5 Å². The van der Waals surface area contributed by atoms with E-state index in [0.717, 1.165) is 6.07 Å². The van der Waals surface area contributed by atoms with Crippen LogP contribution < -0.4 is 9.47 Å². The number of aromatic nitrogens is 1. The lowest BCUT2D eigenvalue weighted by molar-refractivity contribution is -0.275. The zero-order valence-electron chi connectivity index (χ0n) is 24.3. The highest BCUT2D eigenvalue weighted by Gasteiger charge is 2.37. The van der Waals surface area contributed by atoms with Gasteiger partial charge in [-0.05, 0) is 69.5 Å². The van der Waals surface area contributed by atoms with Gasteiger partial charge < -0.3 is 18.9 Å². The molecule has 13 heteroatoms. The molecule has 0 amide bonds. The second kappa shape index (κ2) is 12.4. The first kappa shape index (κ1) is 32.1. The predicted molar refractivity (Wildman–Crippen MR) is 147 cm³/mol. The van der Waals surface area contributed by atoms with Crippen molar-refractivity contribution in [2.75, 3.05) is 26.7 Å². The molecular weight excluding hydrogens is 579 g/mol. The number of aryl methyl sites for hydroxylation is 1. The molecule has 0 saturated carbocycles. The van der Waals surface area contributed by atoms with E-state index in [9.17, 15) is 31.5 Å².